The molecule has 0 aromatic carbocycles. The van der Waals surface area contributed by atoms with Crippen molar-refractivity contribution in [2.45, 2.75) is 26.2 Å². The maximum atomic E-state index is 2.33. The molecule has 0 N–H and O–H groups in total. The highest BCUT2D eigenvalue weighted by Crippen LogP contribution is 2.33. The summed E-state index contributed by atoms with van der Waals surface area (Å²) in [5.74, 6) is 0. The van der Waals surface area contributed by atoms with E-state index in [9.17, 15) is 0 Å². The summed E-state index contributed by atoms with van der Waals surface area (Å²) in [5, 5.41) is 0. The van der Waals surface area contributed by atoms with E-state index in [0.717, 1.165) is 0 Å². The van der Waals surface area contributed by atoms with E-state index in [-0.39, 0.29) is 0 Å². The van der Waals surface area contributed by atoms with Gasteiger partial charge in [-0.1, -0.05) is 13.8 Å². The molecule has 0 saturated carbocycles. The minimum atomic E-state index is 0.620. The molecule has 0 radical (unpaired) electrons. The third-order valence-electron chi connectivity index (χ3n) is 2.38. The van der Waals surface area contributed by atoms with Gasteiger partial charge in [0.05, 0.1) is 0 Å². The molecular formula is C9H19N3. The SMILES string of the molecule is CC.CN1C=CN(C)C2C1N2C. The fourth-order valence-electron chi connectivity index (χ4n) is 1.69. The molecule has 70 valence electrons. The Morgan fingerprint density at radius 3 is 1.50 bits per heavy atom. The number of likely N-dealkylation sites (N-methyl/N-ethyl adjacent to an activating group) is 3. The zero-order valence-corrected chi connectivity index (χ0v) is 8.65. The van der Waals surface area contributed by atoms with Crippen molar-refractivity contribution in [1.82, 2.24) is 14.7 Å². The minimum absolute atomic E-state index is 0.620. The summed E-state index contributed by atoms with van der Waals surface area (Å²) in [6, 6.07) is 0. The van der Waals surface area contributed by atoms with Gasteiger partial charge in [0, 0.05) is 26.5 Å². The molecule has 2 aliphatic rings. The quantitative estimate of drug-likeness (QED) is 0.500. The molecule has 2 rings (SSSR count). The number of fused-ring (bicyclic) bond motifs is 1. The van der Waals surface area contributed by atoms with Gasteiger partial charge in [-0.25, -0.2) is 0 Å². The van der Waals surface area contributed by atoms with Crippen molar-refractivity contribution >= 4 is 0 Å². The highest BCUT2D eigenvalue weighted by molar-refractivity contribution is 5.07. The number of nitrogens with zero attached hydrogens (tertiary/aromatic N) is 3. The van der Waals surface area contributed by atoms with Crippen molar-refractivity contribution in [2.24, 2.45) is 0 Å². The predicted octanol–water partition coefficient (Wildman–Crippen LogP) is 0.959. The van der Waals surface area contributed by atoms with Gasteiger partial charge < -0.3 is 9.80 Å². The lowest BCUT2D eigenvalue weighted by Gasteiger charge is -2.21. The third kappa shape index (κ3) is 1.29. The lowest BCUT2D eigenvalue weighted by Crippen LogP contribution is -2.29. The summed E-state index contributed by atoms with van der Waals surface area (Å²) in [4.78, 5) is 6.81. The van der Waals surface area contributed by atoms with Gasteiger partial charge in [-0.3, -0.25) is 4.90 Å². The van der Waals surface area contributed by atoms with E-state index >= 15 is 0 Å². The van der Waals surface area contributed by atoms with Crippen molar-refractivity contribution in [2.75, 3.05) is 21.1 Å². The van der Waals surface area contributed by atoms with Crippen LogP contribution in [0.2, 0.25) is 0 Å². The Kier molecular flexibility index (Phi) is 2.62. The average molecular weight is 169 g/mol. The van der Waals surface area contributed by atoms with Crippen molar-refractivity contribution in [3.05, 3.63) is 12.4 Å². The molecule has 0 aromatic heterocycles. The summed E-state index contributed by atoms with van der Waals surface area (Å²) in [7, 11) is 6.38. The normalized spacial score (nSPS) is 36.9. The first-order chi connectivity index (χ1) is 5.72. The van der Waals surface area contributed by atoms with Crippen LogP contribution >= 0.6 is 0 Å². The number of hydrogen-bond acceptors (Lipinski definition) is 3. The van der Waals surface area contributed by atoms with Crippen LogP contribution in [0.3, 0.4) is 0 Å². The maximum Gasteiger partial charge on any atom is 0.118 e. The van der Waals surface area contributed by atoms with Crippen molar-refractivity contribution in [3.63, 3.8) is 0 Å². The molecule has 0 aliphatic carbocycles. The topological polar surface area (TPSA) is 9.49 Å². The van der Waals surface area contributed by atoms with E-state index < -0.39 is 0 Å². The predicted molar refractivity (Wildman–Crippen MR) is 51.4 cm³/mol. The molecule has 1 fully saturated rings. The molecule has 2 unspecified atom stereocenters. The number of hydrogen-bond donors (Lipinski definition) is 0. The van der Waals surface area contributed by atoms with Crippen LogP contribution in [-0.4, -0.2) is 48.2 Å². The van der Waals surface area contributed by atoms with Crippen LogP contribution in [0.15, 0.2) is 12.4 Å². The van der Waals surface area contributed by atoms with E-state index in [2.05, 4.69) is 48.2 Å². The molecule has 2 heterocycles. The summed E-state index contributed by atoms with van der Waals surface area (Å²) >= 11 is 0. The molecule has 0 spiro atoms. The molecule has 12 heavy (non-hydrogen) atoms. The Balaban J connectivity index is 0.000000336. The first-order valence-corrected chi connectivity index (χ1v) is 4.56. The molecule has 0 aromatic rings. The van der Waals surface area contributed by atoms with E-state index in [0.29, 0.717) is 12.3 Å². The summed E-state index contributed by atoms with van der Waals surface area (Å²) < 4.78 is 0. The van der Waals surface area contributed by atoms with Gasteiger partial charge in [0.2, 0.25) is 0 Å². The lowest BCUT2D eigenvalue weighted by molar-refractivity contribution is 0.319. The first-order valence-electron chi connectivity index (χ1n) is 4.56. The third-order valence-corrected chi connectivity index (χ3v) is 2.38. The summed E-state index contributed by atoms with van der Waals surface area (Å²) in [6.45, 7) is 4.00. The van der Waals surface area contributed by atoms with Gasteiger partial charge in [-0.05, 0) is 7.05 Å². The second kappa shape index (κ2) is 3.35. The Morgan fingerprint density at radius 2 is 1.17 bits per heavy atom. The van der Waals surface area contributed by atoms with Crippen LogP contribution in [-0.2, 0) is 0 Å². The van der Waals surface area contributed by atoms with Gasteiger partial charge in [0.15, 0.2) is 0 Å². The van der Waals surface area contributed by atoms with Crippen molar-refractivity contribution in [1.29, 1.82) is 0 Å². The Bertz CT molecular complexity index is 161. The van der Waals surface area contributed by atoms with E-state index in [4.69, 9.17) is 0 Å². The monoisotopic (exact) mass is 169 g/mol. The molecule has 0 amide bonds. The maximum absolute atomic E-state index is 2.33. The van der Waals surface area contributed by atoms with Gasteiger partial charge >= 0.3 is 0 Å². The average Bonchev–Trinajstić information content (AvgIpc) is 2.76. The van der Waals surface area contributed by atoms with Crippen LogP contribution < -0.4 is 0 Å². The zero-order chi connectivity index (χ0) is 9.30. The molecule has 2 atom stereocenters. The fraction of sp³-hybridized carbons (Fsp3) is 0.778. The second-order valence-electron chi connectivity index (χ2n) is 3.12. The van der Waals surface area contributed by atoms with Crippen molar-refractivity contribution in [3.8, 4) is 0 Å². The highest BCUT2D eigenvalue weighted by atomic mass is 15.6. The van der Waals surface area contributed by atoms with Crippen LogP contribution in [0.1, 0.15) is 13.8 Å². The Hall–Kier alpha value is -0.700. The number of rotatable bonds is 0. The van der Waals surface area contributed by atoms with Gasteiger partial charge in [-0.15, -0.1) is 0 Å². The fourth-order valence-corrected chi connectivity index (χ4v) is 1.69. The molecule has 3 nitrogen and oxygen atoms in total. The van der Waals surface area contributed by atoms with Crippen LogP contribution in [0.4, 0.5) is 0 Å². The summed E-state index contributed by atoms with van der Waals surface area (Å²) in [5.41, 5.74) is 0. The lowest BCUT2D eigenvalue weighted by atomic mass is 10.4. The zero-order valence-electron chi connectivity index (χ0n) is 8.65. The van der Waals surface area contributed by atoms with Gasteiger partial charge in [-0.2, -0.15) is 0 Å². The molecule has 3 heteroatoms. The standard InChI is InChI=1S/C7H13N3.C2H6/c1-8-4-5-9(2)7-6(8)10(7)3;1-2/h4-7H,1-3H3;1-2H3. The Morgan fingerprint density at radius 1 is 0.833 bits per heavy atom. The largest absolute Gasteiger partial charge is 0.360 e. The van der Waals surface area contributed by atoms with Crippen molar-refractivity contribution < 1.29 is 0 Å². The van der Waals surface area contributed by atoms with Crippen LogP contribution in [0.25, 0.3) is 0 Å². The smallest absolute Gasteiger partial charge is 0.118 e. The second-order valence-corrected chi connectivity index (χ2v) is 3.12. The van der Waals surface area contributed by atoms with E-state index in [1.807, 2.05) is 13.8 Å². The van der Waals surface area contributed by atoms with Gasteiger partial charge in [0.25, 0.3) is 0 Å². The molecule has 0 bridgehead atoms. The van der Waals surface area contributed by atoms with Crippen LogP contribution in [0, 0.1) is 0 Å². The molecule has 2 aliphatic heterocycles. The van der Waals surface area contributed by atoms with Gasteiger partial charge in [0.1, 0.15) is 12.3 Å². The minimum Gasteiger partial charge on any atom is -0.360 e. The molecular weight excluding hydrogens is 150 g/mol. The molecule has 1 saturated heterocycles. The first kappa shape index (κ1) is 9.39. The van der Waals surface area contributed by atoms with Crippen LogP contribution in [0.5, 0.6) is 0 Å². The summed E-state index contributed by atoms with van der Waals surface area (Å²) in [6.07, 6.45) is 5.47. The van der Waals surface area contributed by atoms with E-state index in [1.165, 1.54) is 0 Å². The van der Waals surface area contributed by atoms with E-state index in [1.54, 1.807) is 0 Å². The Labute approximate surface area is 75.2 Å². The highest BCUT2D eigenvalue weighted by Gasteiger charge is 2.50.